The number of nitrogens with one attached hydrogen (secondary N) is 1. The van der Waals surface area contributed by atoms with E-state index in [2.05, 4.69) is 22.2 Å². The van der Waals surface area contributed by atoms with Gasteiger partial charge in [0.05, 0.1) is 0 Å². The number of carboxylic acid groups (broad SMARTS) is 1. The minimum Gasteiger partial charge on any atom is -0.476 e. The van der Waals surface area contributed by atoms with E-state index < -0.39 is 5.97 Å². The topological polar surface area (TPSA) is 70.4 Å². The van der Waals surface area contributed by atoms with Crippen molar-refractivity contribution in [1.82, 2.24) is 20.0 Å². The third-order valence-corrected chi connectivity index (χ3v) is 3.12. The van der Waals surface area contributed by atoms with E-state index in [0.29, 0.717) is 12.6 Å². The van der Waals surface area contributed by atoms with E-state index in [1.165, 1.54) is 0 Å². The molecule has 2 N–H and O–H groups in total. The first kappa shape index (κ1) is 12.1. The zero-order valence-corrected chi connectivity index (χ0v) is 10.2. The van der Waals surface area contributed by atoms with Gasteiger partial charge in [0, 0.05) is 51.0 Å². The van der Waals surface area contributed by atoms with Crippen LogP contribution in [0.3, 0.4) is 0 Å². The summed E-state index contributed by atoms with van der Waals surface area (Å²) < 4.78 is 1.56. The Labute approximate surface area is 100 Å². The number of rotatable bonds is 3. The lowest BCUT2D eigenvalue weighted by Gasteiger charge is -2.33. The van der Waals surface area contributed by atoms with Gasteiger partial charge in [0.1, 0.15) is 0 Å². The molecule has 6 heteroatoms. The van der Waals surface area contributed by atoms with Gasteiger partial charge in [-0.25, -0.2) is 4.79 Å². The van der Waals surface area contributed by atoms with Crippen LogP contribution in [0.2, 0.25) is 0 Å². The van der Waals surface area contributed by atoms with Gasteiger partial charge in [-0.05, 0) is 6.92 Å². The first-order valence-electron chi connectivity index (χ1n) is 5.78. The maximum Gasteiger partial charge on any atom is 0.356 e. The molecule has 94 valence electrons. The summed E-state index contributed by atoms with van der Waals surface area (Å²) in [5.41, 5.74) is 0.951. The van der Waals surface area contributed by atoms with E-state index in [1.807, 2.05) is 0 Å². The smallest absolute Gasteiger partial charge is 0.356 e. The molecular weight excluding hydrogens is 220 g/mol. The van der Waals surface area contributed by atoms with Gasteiger partial charge in [0.2, 0.25) is 0 Å². The number of carbonyl (C=O) groups is 1. The third kappa shape index (κ3) is 2.65. The second-order valence-corrected chi connectivity index (χ2v) is 4.51. The molecule has 2 rings (SSSR count). The van der Waals surface area contributed by atoms with Gasteiger partial charge in [0.25, 0.3) is 0 Å². The molecule has 17 heavy (non-hydrogen) atoms. The molecule has 1 fully saturated rings. The van der Waals surface area contributed by atoms with Crippen molar-refractivity contribution in [3.8, 4) is 0 Å². The van der Waals surface area contributed by atoms with Crippen LogP contribution in [0.25, 0.3) is 0 Å². The van der Waals surface area contributed by atoms with Crippen LogP contribution in [-0.4, -0.2) is 51.4 Å². The summed E-state index contributed by atoms with van der Waals surface area (Å²) in [6, 6.07) is 0.422. The lowest BCUT2D eigenvalue weighted by Crippen LogP contribution is -2.49. The van der Waals surface area contributed by atoms with E-state index in [0.717, 1.165) is 25.2 Å². The number of hydrogen-bond donors (Lipinski definition) is 2. The lowest BCUT2D eigenvalue weighted by atomic mass is 10.1. The molecule has 0 bridgehead atoms. The van der Waals surface area contributed by atoms with Crippen molar-refractivity contribution in [1.29, 1.82) is 0 Å². The Morgan fingerprint density at radius 3 is 3.12 bits per heavy atom. The van der Waals surface area contributed by atoms with Crippen LogP contribution < -0.4 is 5.32 Å². The van der Waals surface area contributed by atoms with Crippen molar-refractivity contribution in [2.24, 2.45) is 7.05 Å². The number of piperazine rings is 1. The van der Waals surface area contributed by atoms with Gasteiger partial charge in [-0.2, -0.15) is 5.10 Å². The fourth-order valence-corrected chi connectivity index (χ4v) is 2.17. The van der Waals surface area contributed by atoms with Gasteiger partial charge < -0.3 is 10.4 Å². The van der Waals surface area contributed by atoms with Crippen LogP contribution in [-0.2, 0) is 13.6 Å². The van der Waals surface area contributed by atoms with Crippen molar-refractivity contribution in [3.05, 3.63) is 17.5 Å². The fraction of sp³-hybridized carbons (Fsp3) is 0.636. The summed E-state index contributed by atoms with van der Waals surface area (Å²) in [7, 11) is 1.75. The Kier molecular flexibility index (Phi) is 3.44. The average molecular weight is 238 g/mol. The van der Waals surface area contributed by atoms with E-state index >= 15 is 0 Å². The fourth-order valence-electron chi connectivity index (χ4n) is 2.17. The molecule has 0 saturated carbocycles. The molecule has 6 nitrogen and oxygen atoms in total. The van der Waals surface area contributed by atoms with Crippen LogP contribution in [0, 0.1) is 0 Å². The van der Waals surface area contributed by atoms with Crippen molar-refractivity contribution < 1.29 is 9.90 Å². The monoisotopic (exact) mass is 238 g/mol. The maximum absolute atomic E-state index is 11.1. The molecule has 1 aliphatic heterocycles. The van der Waals surface area contributed by atoms with E-state index in [9.17, 15) is 4.79 Å². The molecule has 0 radical (unpaired) electrons. The number of aromatic nitrogens is 2. The van der Waals surface area contributed by atoms with Crippen LogP contribution in [0.4, 0.5) is 0 Å². The van der Waals surface area contributed by atoms with Crippen molar-refractivity contribution >= 4 is 5.97 Å². The Morgan fingerprint density at radius 1 is 1.71 bits per heavy atom. The molecule has 1 saturated heterocycles. The molecule has 0 aliphatic carbocycles. The van der Waals surface area contributed by atoms with E-state index in [1.54, 1.807) is 17.9 Å². The zero-order valence-electron chi connectivity index (χ0n) is 10.2. The predicted octanol–water partition coefficient (Wildman–Crippen LogP) is -0.0880. The normalized spacial score (nSPS) is 21.6. The molecular formula is C11H18N4O2. The molecule has 2 heterocycles. The number of nitrogens with zero attached hydrogens (tertiary/aromatic N) is 3. The molecule has 1 aromatic rings. The van der Waals surface area contributed by atoms with Gasteiger partial charge in [-0.1, -0.05) is 0 Å². The van der Waals surface area contributed by atoms with Crippen LogP contribution >= 0.6 is 0 Å². The van der Waals surface area contributed by atoms with Crippen molar-refractivity contribution in [3.63, 3.8) is 0 Å². The van der Waals surface area contributed by atoms with Crippen LogP contribution in [0.5, 0.6) is 0 Å². The predicted molar refractivity (Wildman–Crippen MR) is 62.9 cm³/mol. The van der Waals surface area contributed by atoms with Crippen molar-refractivity contribution in [2.75, 3.05) is 19.6 Å². The number of carboxylic acids is 1. The van der Waals surface area contributed by atoms with Crippen LogP contribution in [0.15, 0.2) is 6.20 Å². The number of hydrogen-bond acceptors (Lipinski definition) is 4. The SMILES string of the molecule is CC1CNCCN1Cc1cn(C)nc1C(=O)O. The lowest BCUT2D eigenvalue weighted by molar-refractivity contribution is 0.0686. The molecule has 0 spiro atoms. The summed E-state index contributed by atoms with van der Waals surface area (Å²) in [5, 5.41) is 16.4. The maximum atomic E-state index is 11.1. The third-order valence-electron chi connectivity index (χ3n) is 3.12. The quantitative estimate of drug-likeness (QED) is 0.770. The summed E-state index contributed by atoms with van der Waals surface area (Å²) in [5.74, 6) is -0.955. The van der Waals surface area contributed by atoms with E-state index in [4.69, 9.17) is 5.11 Å². The average Bonchev–Trinajstić information content (AvgIpc) is 2.63. The first-order valence-corrected chi connectivity index (χ1v) is 5.78. The minimum absolute atomic E-state index is 0.165. The highest BCUT2D eigenvalue weighted by molar-refractivity contribution is 5.86. The van der Waals surface area contributed by atoms with Gasteiger partial charge in [0.15, 0.2) is 5.69 Å². The van der Waals surface area contributed by atoms with Gasteiger partial charge in [-0.3, -0.25) is 9.58 Å². The van der Waals surface area contributed by atoms with Gasteiger partial charge >= 0.3 is 5.97 Å². The Hall–Kier alpha value is -1.40. The minimum atomic E-state index is -0.955. The second-order valence-electron chi connectivity index (χ2n) is 4.51. The molecule has 1 unspecified atom stereocenters. The Morgan fingerprint density at radius 2 is 2.47 bits per heavy atom. The van der Waals surface area contributed by atoms with Crippen molar-refractivity contribution in [2.45, 2.75) is 19.5 Å². The highest BCUT2D eigenvalue weighted by Gasteiger charge is 2.22. The Bertz CT molecular complexity index is 416. The second kappa shape index (κ2) is 4.85. The molecule has 1 atom stereocenters. The summed E-state index contributed by atoms with van der Waals surface area (Å²) in [4.78, 5) is 13.3. The molecule has 0 aromatic carbocycles. The highest BCUT2D eigenvalue weighted by Crippen LogP contribution is 2.13. The largest absolute Gasteiger partial charge is 0.476 e. The molecule has 1 aromatic heterocycles. The van der Waals surface area contributed by atoms with E-state index in [-0.39, 0.29) is 5.69 Å². The Balaban J connectivity index is 2.14. The van der Waals surface area contributed by atoms with Crippen LogP contribution in [0.1, 0.15) is 23.0 Å². The summed E-state index contributed by atoms with van der Waals surface area (Å²) in [6.45, 7) is 5.63. The number of aryl methyl sites for hydroxylation is 1. The zero-order chi connectivity index (χ0) is 12.4. The highest BCUT2D eigenvalue weighted by atomic mass is 16.4. The number of aromatic carboxylic acids is 1. The van der Waals surface area contributed by atoms with Gasteiger partial charge in [-0.15, -0.1) is 0 Å². The molecule has 1 aliphatic rings. The first-order chi connectivity index (χ1) is 8.08. The summed E-state index contributed by atoms with van der Waals surface area (Å²) >= 11 is 0. The summed E-state index contributed by atoms with van der Waals surface area (Å²) in [6.07, 6.45) is 1.79. The molecule has 0 amide bonds. The standard InChI is InChI=1S/C11H18N4O2/c1-8-5-12-3-4-15(8)7-9-6-14(2)13-10(9)11(16)17/h6,8,12H,3-5,7H2,1-2H3,(H,16,17).